The summed E-state index contributed by atoms with van der Waals surface area (Å²) in [6.45, 7) is 7.96. The second-order valence-corrected chi connectivity index (χ2v) is 7.16. The minimum atomic E-state index is 0.188. The molecule has 24 heavy (non-hydrogen) atoms. The van der Waals surface area contributed by atoms with Crippen LogP contribution >= 0.6 is 0 Å². The second kappa shape index (κ2) is 12.3. The molecule has 0 saturated heterocycles. The van der Waals surface area contributed by atoms with Crippen molar-refractivity contribution in [1.82, 2.24) is 0 Å². The molecule has 2 aliphatic carbocycles. The van der Waals surface area contributed by atoms with Crippen molar-refractivity contribution in [2.45, 2.75) is 65.2 Å². The molecule has 0 aromatic carbocycles. The molecule has 0 spiro atoms. The summed E-state index contributed by atoms with van der Waals surface area (Å²) in [7, 11) is 0. The van der Waals surface area contributed by atoms with Gasteiger partial charge in [-0.1, -0.05) is 32.4 Å². The fraction of sp³-hybridized carbons (Fsp3) is 0.714. The molecular weight excluding hydrogens is 306 g/mol. The van der Waals surface area contributed by atoms with E-state index < -0.39 is 0 Å². The van der Waals surface area contributed by atoms with Crippen molar-refractivity contribution in [3.8, 4) is 0 Å². The zero-order valence-corrected chi connectivity index (χ0v) is 15.4. The minimum absolute atomic E-state index is 0.188. The topological polar surface area (TPSA) is 9.23 Å². The highest BCUT2D eigenvalue weighted by molar-refractivity contribution is 5.04. The molecule has 0 heterocycles. The summed E-state index contributed by atoms with van der Waals surface area (Å²) in [5.41, 5.74) is 0. The largest absolute Gasteiger partial charge is 0.491 e. The Morgan fingerprint density at radius 1 is 1.00 bits per heavy atom. The zero-order valence-electron chi connectivity index (χ0n) is 15.4. The Kier molecular flexibility index (Phi) is 10.7. The van der Waals surface area contributed by atoms with Crippen LogP contribution in [-0.2, 0) is 4.74 Å². The number of rotatable bonds is 5. The van der Waals surface area contributed by atoms with Crippen LogP contribution in [0.5, 0.6) is 0 Å². The lowest BCUT2D eigenvalue weighted by Crippen LogP contribution is -2.24. The van der Waals surface area contributed by atoms with E-state index in [4.69, 9.17) is 4.74 Å². The van der Waals surface area contributed by atoms with Gasteiger partial charge in [0, 0.05) is 0 Å². The zero-order chi connectivity index (χ0) is 17.8. The maximum Gasteiger partial charge on any atom is 0.146 e. The van der Waals surface area contributed by atoms with Crippen molar-refractivity contribution in [2.75, 3.05) is 6.61 Å². The molecule has 0 radical (unpaired) electrons. The Balaban J connectivity index is 0.000000307. The van der Waals surface area contributed by atoms with Gasteiger partial charge in [0.15, 0.2) is 0 Å². The van der Waals surface area contributed by atoms with Gasteiger partial charge in [-0.15, -0.1) is 0 Å². The van der Waals surface area contributed by atoms with Crippen LogP contribution in [0.25, 0.3) is 0 Å². The summed E-state index contributed by atoms with van der Waals surface area (Å²) in [5, 5.41) is 0. The van der Waals surface area contributed by atoms with Crippen molar-refractivity contribution < 1.29 is 13.5 Å². The SMILES string of the molecule is C=C/C(=C/F)OCC.CC1CCC(C2CCC(/C=C\F)CC2)CC1. The molecule has 0 N–H and O–H groups in total. The van der Waals surface area contributed by atoms with E-state index >= 15 is 0 Å². The Morgan fingerprint density at radius 3 is 1.92 bits per heavy atom. The summed E-state index contributed by atoms with van der Waals surface area (Å²) in [6, 6.07) is 0. The van der Waals surface area contributed by atoms with E-state index in [9.17, 15) is 8.78 Å². The number of allylic oxidation sites excluding steroid dienone is 2. The molecule has 2 saturated carbocycles. The molecule has 3 heteroatoms. The highest BCUT2D eigenvalue weighted by atomic mass is 19.1. The lowest BCUT2D eigenvalue weighted by molar-refractivity contribution is 0.160. The Morgan fingerprint density at radius 2 is 1.54 bits per heavy atom. The highest BCUT2D eigenvalue weighted by Gasteiger charge is 2.29. The van der Waals surface area contributed by atoms with Gasteiger partial charge in [-0.25, -0.2) is 8.78 Å². The van der Waals surface area contributed by atoms with Crippen LogP contribution in [0.1, 0.15) is 65.2 Å². The van der Waals surface area contributed by atoms with Crippen molar-refractivity contribution in [1.29, 1.82) is 0 Å². The maximum atomic E-state index is 12.1. The monoisotopic (exact) mass is 340 g/mol. The van der Waals surface area contributed by atoms with Gasteiger partial charge in [0.05, 0.1) is 12.9 Å². The first-order chi connectivity index (χ1) is 11.6. The molecule has 0 amide bonds. The van der Waals surface area contributed by atoms with Crippen LogP contribution in [0.15, 0.2) is 37.1 Å². The summed E-state index contributed by atoms with van der Waals surface area (Å²) in [4.78, 5) is 0. The molecule has 138 valence electrons. The van der Waals surface area contributed by atoms with Crippen LogP contribution < -0.4 is 0 Å². The van der Waals surface area contributed by atoms with Crippen molar-refractivity contribution in [3.05, 3.63) is 37.1 Å². The lowest BCUT2D eigenvalue weighted by atomic mass is 9.69. The molecule has 1 nitrogen and oxygen atoms in total. The lowest BCUT2D eigenvalue weighted by Gasteiger charge is -2.36. The van der Waals surface area contributed by atoms with Crippen LogP contribution in [0.3, 0.4) is 0 Å². The molecule has 0 aromatic heterocycles. The molecule has 0 aliphatic heterocycles. The summed E-state index contributed by atoms with van der Waals surface area (Å²) in [5.74, 6) is 3.63. The van der Waals surface area contributed by atoms with Gasteiger partial charge >= 0.3 is 0 Å². The average Bonchev–Trinajstić information content (AvgIpc) is 2.62. The number of halogens is 2. The van der Waals surface area contributed by atoms with Gasteiger partial charge in [0.1, 0.15) is 12.1 Å². The van der Waals surface area contributed by atoms with E-state index in [2.05, 4.69) is 13.5 Å². The Bertz CT molecular complexity index is 387. The summed E-state index contributed by atoms with van der Waals surface area (Å²) >= 11 is 0. The van der Waals surface area contributed by atoms with Gasteiger partial charge in [0.2, 0.25) is 0 Å². The third kappa shape index (κ3) is 7.63. The standard InChI is InChI=1S/C15H25F.C6H9FO/c1-12-2-6-14(7-3-12)15-8-4-13(5-9-15)10-11-16;1-3-6(5-7)8-4-2/h10-15H,2-9H2,1H3;3,5H,1,4H2,2H3/b11-10-;6-5-. The second-order valence-electron chi connectivity index (χ2n) is 7.16. The summed E-state index contributed by atoms with van der Waals surface area (Å²) in [6.07, 6.45) is 15.1. The van der Waals surface area contributed by atoms with E-state index in [1.807, 2.05) is 0 Å². The molecule has 0 aromatic rings. The first-order valence-corrected chi connectivity index (χ1v) is 9.47. The van der Waals surface area contributed by atoms with Crippen molar-refractivity contribution in [2.24, 2.45) is 23.7 Å². The van der Waals surface area contributed by atoms with Gasteiger partial charge < -0.3 is 4.74 Å². The Labute approximate surface area is 146 Å². The number of ether oxygens (including phenoxy) is 1. The fourth-order valence-corrected chi connectivity index (χ4v) is 3.97. The smallest absolute Gasteiger partial charge is 0.146 e. The Hall–Kier alpha value is -1.12. The highest BCUT2D eigenvalue weighted by Crippen LogP contribution is 2.41. The first-order valence-electron chi connectivity index (χ1n) is 9.47. The normalized spacial score (nSPS) is 31.2. The molecule has 2 fully saturated rings. The minimum Gasteiger partial charge on any atom is -0.491 e. The van der Waals surface area contributed by atoms with Crippen LogP contribution in [0, 0.1) is 23.7 Å². The molecule has 0 unspecified atom stereocenters. The fourth-order valence-electron chi connectivity index (χ4n) is 3.97. The van der Waals surface area contributed by atoms with Crippen molar-refractivity contribution >= 4 is 0 Å². The molecule has 0 atom stereocenters. The van der Waals surface area contributed by atoms with E-state index in [1.54, 1.807) is 13.0 Å². The third-order valence-corrected chi connectivity index (χ3v) is 5.51. The quantitative estimate of drug-likeness (QED) is 0.382. The van der Waals surface area contributed by atoms with Crippen molar-refractivity contribution in [3.63, 3.8) is 0 Å². The third-order valence-electron chi connectivity index (χ3n) is 5.51. The van der Waals surface area contributed by atoms with Crippen LogP contribution in [-0.4, -0.2) is 6.61 Å². The van der Waals surface area contributed by atoms with Crippen LogP contribution in [0.2, 0.25) is 0 Å². The first kappa shape index (κ1) is 20.9. The van der Waals surface area contributed by atoms with E-state index in [0.29, 0.717) is 18.9 Å². The maximum absolute atomic E-state index is 12.1. The molecule has 2 aliphatic rings. The molecular formula is C21H34F2O. The van der Waals surface area contributed by atoms with E-state index in [0.717, 1.165) is 24.1 Å². The predicted molar refractivity (Wildman–Crippen MR) is 97.8 cm³/mol. The summed E-state index contributed by atoms with van der Waals surface area (Å²) < 4.78 is 28.3. The van der Waals surface area contributed by atoms with E-state index in [-0.39, 0.29) is 5.76 Å². The van der Waals surface area contributed by atoms with Gasteiger partial charge in [-0.2, -0.15) is 0 Å². The average molecular weight is 340 g/mol. The van der Waals surface area contributed by atoms with Gasteiger partial charge in [-0.3, -0.25) is 0 Å². The van der Waals surface area contributed by atoms with Gasteiger partial charge in [-0.05, 0) is 75.2 Å². The number of hydrogen-bond donors (Lipinski definition) is 0. The number of hydrogen-bond acceptors (Lipinski definition) is 1. The van der Waals surface area contributed by atoms with E-state index in [1.165, 1.54) is 57.4 Å². The predicted octanol–water partition coefficient (Wildman–Crippen LogP) is 7.12. The van der Waals surface area contributed by atoms with Crippen LogP contribution in [0.4, 0.5) is 8.78 Å². The molecule has 0 bridgehead atoms. The molecule has 2 rings (SSSR count). The van der Waals surface area contributed by atoms with Gasteiger partial charge in [0.25, 0.3) is 0 Å².